The Morgan fingerprint density at radius 3 is 2.57 bits per heavy atom. The van der Waals surface area contributed by atoms with Crippen molar-refractivity contribution in [3.8, 4) is 5.75 Å². The number of rotatable bonds is 4. The van der Waals surface area contributed by atoms with Crippen molar-refractivity contribution in [1.29, 1.82) is 0 Å². The van der Waals surface area contributed by atoms with Crippen LogP contribution in [0.5, 0.6) is 5.75 Å². The normalized spacial score (nSPS) is 16.6. The Balaban J connectivity index is 1.60. The molecule has 3 nitrogen and oxygen atoms in total. The number of ether oxygens (including phenoxy) is 1. The molecule has 4 aromatic rings. The lowest BCUT2D eigenvalue weighted by atomic mass is 9.92. The highest BCUT2D eigenvalue weighted by atomic mass is 35.5. The van der Waals surface area contributed by atoms with Gasteiger partial charge in [-0.25, -0.2) is 4.39 Å². The summed E-state index contributed by atoms with van der Waals surface area (Å²) in [6.45, 7) is 1.65. The van der Waals surface area contributed by atoms with E-state index in [9.17, 15) is 4.39 Å². The molecule has 5 heteroatoms. The molecule has 3 aromatic carbocycles. The van der Waals surface area contributed by atoms with E-state index in [-0.39, 0.29) is 11.9 Å². The third-order valence-electron chi connectivity index (χ3n) is 5.92. The van der Waals surface area contributed by atoms with Crippen molar-refractivity contribution >= 4 is 22.5 Å². The quantitative estimate of drug-likeness (QED) is 0.431. The minimum atomic E-state index is -0.209. The second kappa shape index (κ2) is 7.78. The molecule has 0 saturated carbocycles. The molecule has 1 N–H and O–H groups in total. The number of nitrogens with one attached hydrogen (secondary N) is 1. The van der Waals surface area contributed by atoms with Gasteiger partial charge >= 0.3 is 0 Å². The molecule has 152 valence electrons. The predicted octanol–water partition coefficient (Wildman–Crippen LogP) is 6.12. The Morgan fingerprint density at radius 2 is 1.83 bits per heavy atom. The van der Waals surface area contributed by atoms with E-state index < -0.39 is 0 Å². The van der Waals surface area contributed by atoms with Gasteiger partial charge in [-0.2, -0.15) is 0 Å². The Labute approximate surface area is 180 Å². The van der Waals surface area contributed by atoms with E-state index in [1.807, 2.05) is 42.5 Å². The SMILES string of the molecule is COc1ccc(C2c3[nH]c4ccc(Cl)cc4c3CCN2Cc2ccc(F)cc2)cc1. The van der Waals surface area contributed by atoms with Gasteiger partial charge in [0.1, 0.15) is 11.6 Å². The number of H-pyrrole nitrogens is 1. The van der Waals surface area contributed by atoms with Gasteiger partial charge in [-0.1, -0.05) is 35.9 Å². The fraction of sp³-hybridized carbons (Fsp3) is 0.200. The zero-order chi connectivity index (χ0) is 20.7. The summed E-state index contributed by atoms with van der Waals surface area (Å²) in [5, 5.41) is 1.94. The fourth-order valence-electron chi connectivity index (χ4n) is 4.47. The van der Waals surface area contributed by atoms with Gasteiger partial charge in [0.15, 0.2) is 0 Å². The molecular weight excluding hydrogens is 399 g/mol. The molecule has 1 unspecified atom stereocenters. The fourth-order valence-corrected chi connectivity index (χ4v) is 4.64. The van der Waals surface area contributed by atoms with E-state index >= 15 is 0 Å². The number of halogens is 2. The van der Waals surface area contributed by atoms with Crippen molar-refractivity contribution in [3.05, 3.63) is 100.0 Å². The summed E-state index contributed by atoms with van der Waals surface area (Å²) < 4.78 is 18.7. The first-order chi connectivity index (χ1) is 14.6. The number of nitrogens with zero attached hydrogens (tertiary/aromatic N) is 1. The maximum absolute atomic E-state index is 13.4. The highest BCUT2D eigenvalue weighted by molar-refractivity contribution is 6.31. The molecule has 30 heavy (non-hydrogen) atoms. The van der Waals surface area contributed by atoms with Crippen LogP contribution in [0.4, 0.5) is 4.39 Å². The minimum absolute atomic E-state index is 0.0656. The van der Waals surface area contributed by atoms with Crippen LogP contribution in [0.2, 0.25) is 5.02 Å². The van der Waals surface area contributed by atoms with Crippen LogP contribution in [0.1, 0.15) is 28.4 Å². The summed E-state index contributed by atoms with van der Waals surface area (Å²) in [6, 6.07) is 21.1. The van der Waals surface area contributed by atoms with E-state index in [2.05, 4.69) is 22.0 Å². The van der Waals surface area contributed by atoms with Crippen LogP contribution in [-0.2, 0) is 13.0 Å². The molecule has 0 aliphatic carbocycles. The van der Waals surface area contributed by atoms with E-state index in [1.54, 1.807) is 7.11 Å². The minimum Gasteiger partial charge on any atom is -0.497 e. The third kappa shape index (κ3) is 3.47. The standard InChI is InChI=1S/C25H22ClFN2O/c1-30-20-9-4-17(5-10-20)25-24-21(22-14-18(26)6-11-23(22)28-24)12-13-29(25)15-16-2-7-19(27)8-3-16/h2-11,14,25,28H,12-13,15H2,1H3. The summed E-state index contributed by atoms with van der Waals surface area (Å²) in [6.07, 6.45) is 0.934. The van der Waals surface area contributed by atoms with Crippen molar-refractivity contribution in [3.63, 3.8) is 0 Å². The van der Waals surface area contributed by atoms with Gasteiger partial charge in [0.2, 0.25) is 0 Å². The van der Waals surface area contributed by atoms with Crippen molar-refractivity contribution in [2.45, 2.75) is 19.0 Å². The van der Waals surface area contributed by atoms with E-state index in [4.69, 9.17) is 16.3 Å². The Morgan fingerprint density at radius 1 is 1.07 bits per heavy atom. The van der Waals surface area contributed by atoms with E-state index in [1.165, 1.54) is 34.3 Å². The second-order valence-electron chi connectivity index (χ2n) is 7.73. The summed E-state index contributed by atoms with van der Waals surface area (Å²) in [5.74, 6) is 0.627. The smallest absolute Gasteiger partial charge is 0.123 e. The number of aromatic nitrogens is 1. The number of hydrogen-bond acceptors (Lipinski definition) is 2. The second-order valence-corrected chi connectivity index (χ2v) is 8.17. The van der Waals surface area contributed by atoms with Crippen LogP contribution in [0, 0.1) is 5.82 Å². The van der Waals surface area contributed by atoms with Crippen LogP contribution < -0.4 is 4.74 Å². The topological polar surface area (TPSA) is 28.3 Å². The highest BCUT2D eigenvalue weighted by Crippen LogP contribution is 2.40. The molecule has 0 radical (unpaired) electrons. The monoisotopic (exact) mass is 420 g/mol. The van der Waals surface area contributed by atoms with Gasteiger partial charge in [-0.15, -0.1) is 0 Å². The zero-order valence-electron chi connectivity index (χ0n) is 16.7. The van der Waals surface area contributed by atoms with Crippen molar-refractivity contribution in [1.82, 2.24) is 9.88 Å². The largest absolute Gasteiger partial charge is 0.497 e. The lowest BCUT2D eigenvalue weighted by Crippen LogP contribution is -2.35. The molecule has 2 heterocycles. The van der Waals surface area contributed by atoms with Gasteiger partial charge in [0, 0.05) is 34.7 Å². The van der Waals surface area contributed by atoms with Gasteiger partial charge in [0.25, 0.3) is 0 Å². The number of fused-ring (bicyclic) bond motifs is 3. The lowest BCUT2D eigenvalue weighted by molar-refractivity contribution is 0.202. The van der Waals surface area contributed by atoms with E-state index in [0.717, 1.165) is 41.4 Å². The molecule has 0 spiro atoms. The van der Waals surface area contributed by atoms with Crippen molar-refractivity contribution < 1.29 is 9.13 Å². The van der Waals surface area contributed by atoms with Crippen LogP contribution in [0.25, 0.3) is 10.9 Å². The van der Waals surface area contributed by atoms with Gasteiger partial charge < -0.3 is 9.72 Å². The van der Waals surface area contributed by atoms with Crippen molar-refractivity contribution in [2.75, 3.05) is 13.7 Å². The summed E-state index contributed by atoms with van der Waals surface area (Å²) in [4.78, 5) is 6.09. The highest BCUT2D eigenvalue weighted by Gasteiger charge is 2.31. The van der Waals surface area contributed by atoms with Crippen LogP contribution in [-0.4, -0.2) is 23.5 Å². The average molecular weight is 421 g/mol. The summed E-state index contributed by atoms with van der Waals surface area (Å²) in [5.41, 5.74) is 5.91. The number of hydrogen-bond donors (Lipinski definition) is 1. The molecule has 0 amide bonds. The molecule has 1 aliphatic heterocycles. The summed E-state index contributed by atoms with van der Waals surface area (Å²) >= 11 is 6.28. The van der Waals surface area contributed by atoms with Crippen LogP contribution in [0.3, 0.4) is 0 Å². The molecule has 1 aliphatic rings. The predicted molar refractivity (Wildman–Crippen MR) is 119 cm³/mol. The first-order valence-electron chi connectivity index (χ1n) is 10.0. The average Bonchev–Trinajstić information content (AvgIpc) is 3.13. The number of aromatic amines is 1. The molecular formula is C25H22ClFN2O. The molecule has 0 fully saturated rings. The first kappa shape index (κ1) is 19.2. The number of methoxy groups -OCH3 is 1. The van der Waals surface area contributed by atoms with Crippen LogP contribution in [0.15, 0.2) is 66.7 Å². The van der Waals surface area contributed by atoms with Crippen LogP contribution >= 0.6 is 11.6 Å². The van der Waals surface area contributed by atoms with Gasteiger partial charge in [-0.3, -0.25) is 4.90 Å². The molecule has 5 rings (SSSR count). The molecule has 1 atom stereocenters. The summed E-state index contributed by atoms with van der Waals surface area (Å²) in [7, 11) is 1.68. The Hall–Kier alpha value is -2.82. The molecule has 0 bridgehead atoms. The zero-order valence-corrected chi connectivity index (χ0v) is 17.4. The Bertz CT molecular complexity index is 1180. The lowest BCUT2D eigenvalue weighted by Gasteiger charge is -2.36. The first-order valence-corrected chi connectivity index (χ1v) is 10.4. The maximum atomic E-state index is 13.4. The van der Waals surface area contributed by atoms with Crippen molar-refractivity contribution in [2.24, 2.45) is 0 Å². The molecule has 0 saturated heterocycles. The van der Waals surface area contributed by atoms with Gasteiger partial charge in [-0.05, 0) is 65.6 Å². The maximum Gasteiger partial charge on any atom is 0.123 e. The van der Waals surface area contributed by atoms with E-state index in [0.29, 0.717) is 0 Å². The number of benzene rings is 3. The molecule has 1 aromatic heterocycles. The Kier molecular flexibility index (Phi) is 4.97. The van der Waals surface area contributed by atoms with Gasteiger partial charge in [0.05, 0.1) is 13.2 Å². The third-order valence-corrected chi connectivity index (χ3v) is 6.15.